The monoisotopic (exact) mass is 273 g/mol. The Morgan fingerprint density at radius 3 is 2.05 bits per heavy atom. The number of hydrogen-bond donors (Lipinski definition) is 0. The zero-order chi connectivity index (χ0) is 14.4. The average Bonchev–Trinajstić information content (AvgIpc) is 3.23. The molecule has 1 fully saturated rings. The van der Waals surface area contributed by atoms with E-state index in [1.165, 1.54) is 30.9 Å². The van der Waals surface area contributed by atoms with Crippen molar-refractivity contribution in [3.8, 4) is 41.8 Å². The van der Waals surface area contributed by atoms with Gasteiger partial charge in [-0.05, 0) is 0 Å². The van der Waals surface area contributed by atoms with Crippen LogP contribution in [0.25, 0.3) is 0 Å². The molecule has 8 nitrogen and oxygen atoms in total. The van der Waals surface area contributed by atoms with Crippen LogP contribution in [-0.4, -0.2) is 19.3 Å². The van der Waals surface area contributed by atoms with Gasteiger partial charge in [0, 0.05) is 12.1 Å². The van der Waals surface area contributed by atoms with Gasteiger partial charge >= 0.3 is 0 Å². The summed E-state index contributed by atoms with van der Waals surface area (Å²) in [5, 5.41) is 25.7. The fourth-order valence-corrected chi connectivity index (χ4v) is 1.40. The third kappa shape index (κ3) is 3.20. The van der Waals surface area contributed by atoms with Crippen LogP contribution in [-0.2, 0) is 4.74 Å². The van der Waals surface area contributed by atoms with Crippen molar-refractivity contribution in [2.24, 2.45) is 0 Å². The third-order valence-corrected chi connectivity index (χ3v) is 2.28. The Balaban J connectivity index is 2.34. The van der Waals surface area contributed by atoms with Crippen molar-refractivity contribution < 1.29 is 23.7 Å². The van der Waals surface area contributed by atoms with E-state index in [0.29, 0.717) is 6.61 Å². The van der Waals surface area contributed by atoms with Crippen LogP contribution in [0.1, 0.15) is 0 Å². The molecule has 0 radical (unpaired) electrons. The Morgan fingerprint density at radius 2 is 1.60 bits per heavy atom. The summed E-state index contributed by atoms with van der Waals surface area (Å²) in [5.41, 5.74) is 0. The molecule has 0 saturated carbocycles. The SMILES string of the molecule is N#COc1cc(OC#N)c(OCC2CO2)c(OC#N)c1. The molecule has 1 saturated heterocycles. The molecule has 0 aliphatic carbocycles. The molecule has 0 amide bonds. The van der Waals surface area contributed by atoms with E-state index in [1.807, 2.05) is 0 Å². The summed E-state index contributed by atoms with van der Waals surface area (Å²) in [6, 6.07) is 2.56. The largest absolute Gasteiger partial charge is 0.483 e. The van der Waals surface area contributed by atoms with Gasteiger partial charge in [-0.2, -0.15) is 0 Å². The Morgan fingerprint density at radius 1 is 1.05 bits per heavy atom. The number of benzene rings is 1. The Labute approximate surface area is 113 Å². The number of nitrogens with zero attached hydrogens (tertiary/aromatic N) is 3. The van der Waals surface area contributed by atoms with Crippen LogP contribution < -0.4 is 18.9 Å². The van der Waals surface area contributed by atoms with E-state index >= 15 is 0 Å². The van der Waals surface area contributed by atoms with Gasteiger partial charge in [-0.1, -0.05) is 0 Å². The molecule has 0 N–H and O–H groups in total. The van der Waals surface area contributed by atoms with E-state index in [-0.39, 0.29) is 35.7 Å². The molecule has 2 rings (SSSR count). The lowest BCUT2D eigenvalue weighted by Gasteiger charge is -2.12. The van der Waals surface area contributed by atoms with E-state index in [0.717, 1.165) is 0 Å². The average molecular weight is 273 g/mol. The number of ether oxygens (including phenoxy) is 5. The van der Waals surface area contributed by atoms with E-state index in [1.54, 1.807) is 0 Å². The maximum absolute atomic E-state index is 8.61. The van der Waals surface area contributed by atoms with Crippen molar-refractivity contribution in [1.82, 2.24) is 0 Å². The van der Waals surface area contributed by atoms with E-state index in [4.69, 9.17) is 34.7 Å². The number of nitriles is 3. The van der Waals surface area contributed by atoms with Gasteiger partial charge in [0.25, 0.3) is 18.8 Å². The van der Waals surface area contributed by atoms with Gasteiger partial charge in [-0.25, -0.2) is 0 Å². The second-order valence-electron chi connectivity index (χ2n) is 3.60. The van der Waals surface area contributed by atoms with E-state index in [9.17, 15) is 0 Å². The molecule has 1 unspecified atom stereocenters. The Bertz CT molecular complexity index is 584. The molecule has 1 aliphatic heterocycles. The summed E-state index contributed by atoms with van der Waals surface area (Å²) in [4.78, 5) is 0. The van der Waals surface area contributed by atoms with Crippen LogP contribution in [0.4, 0.5) is 0 Å². The lowest BCUT2D eigenvalue weighted by molar-refractivity contribution is 0.248. The van der Waals surface area contributed by atoms with Crippen LogP contribution in [0.2, 0.25) is 0 Å². The van der Waals surface area contributed by atoms with Crippen molar-refractivity contribution in [1.29, 1.82) is 15.8 Å². The lowest BCUT2D eigenvalue weighted by Crippen LogP contribution is -2.06. The summed E-state index contributed by atoms with van der Waals surface area (Å²) < 4.78 is 24.5. The fourth-order valence-electron chi connectivity index (χ4n) is 1.40. The quantitative estimate of drug-likeness (QED) is 0.556. The molecule has 1 aromatic carbocycles. The van der Waals surface area contributed by atoms with Crippen LogP contribution >= 0.6 is 0 Å². The summed E-state index contributed by atoms with van der Waals surface area (Å²) in [5.74, 6) is 0.0733. The Kier molecular flexibility index (Phi) is 4.08. The summed E-state index contributed by atoms with van der Waals surface area (Å²) in [7, 11) is 0. The molecule has 0 spiro atoms. The third-order valence-electron chi connectivity index (χ3n) is 2.28. The fraction of sp³-hybridized carbons (Fsp3) is 0.250. The zero-order valence-corrected chi connectivity index (χ0v) is 10.0. The standard InChI is InChI=1S/C12H7N3O5/c13-5-18-8-1-10(19-6-14)12(11(2-8)20-7-15)17-4-9-3-16-9/h1-2,9H,3-4H2. The molecule has 1 aliphatic rings. The lowest BCUT2D eigenvalue weighted by atomic mass is 10.2. The first-order valence-electron chi connectivity index (χ1n) is 5.38. The van der Waals surface area contributed by atoms with Crippen LogP contribution in [0.15, 0.2) is 12.1 Å². The van der Waals surface area contributed by atoms with E-state index in [2.05, 4.69) is 4.74 Å². The van der Waals surface area contributed by atoms with Gasteiger partial charge in [-0.15, -0.1) is 15.8 Å². The van der Waals surface area contributed by atoms with Crippen LogP contribution in [0, 0.1) is 34.6 Å². The molecule has 20 heavy (non-hydrogen) atoms. The summed E-state index contributed by atoms with van der Waals surface area (Å²) in [6.45, 7) is 0.806. The highest BCUT2D eigenvalue weighted by Gasteiger charge is 2.26. The second kappa shape index (κ2) is 6.14. The molecule has 1 aromatic rings. The molecule has 100 valence electrons. The van der Waals surface area contributed by atoms with Gasteiger partial charge in [0.05, 0.1) is 6.61 Å². The molecular weight excluding hydrogens is 266 g/mol. The molecule has 1 heterocycles. The van der Waals surface area contributed by atoms with E-state index < -0.39 is 0 Å². The minimum atomic E-state index is -0.0325. The highest BCUT2D eigenvalue weighted by Crippen LogP contribution is 2.41. The topological polar surface area (TPSA) is 121 Å². The first-order chi connectivity index (χ1) is 9.78. The van der Waals surface area contributed by atoms with Crippen molar-refractivity contribution in [3.63, 3.8) is 0 Å². The smallest absolute Gasteiger partial charge is 0.292 e. The van der Waals surface area contributed by atoms with Crippen molar-refractivity contribution >= 4 is 0 Å². The first-order valence-corrected chi connectivity index (χ1v) is 5.38. The first kappa shape index (κ1) is 13.3. The predicted molar refractivity (Wildman–Crippen MR) is 60.4 cm³/mol. The maximum Gasteiger partial charge on any atom is 0.292 e. The number of epoxide rings is 1. The minimum absolute atomic E-state index is 0.0221. The highest BCUT2D eigenvalue weighted by molar-refractivity contribution is 5.56. The minimum Gasteiger partial charge on any atom is -0.483 e. The maximum atomic E-state index is 8.61. The number of rotatable bonds is 6. The molecule has 1 atom stereocenters. The second-order valence-corrected chi connectivity index (χ2v) is 3.60. The summed E-state index contributed by atoms with van der Waals surface area (Å²) in [6.07, 6.45) is 4.39. The van der Waals surface area contributed by atoms with Gasteiger partial charge in [-0.3, -0.25) is 0 Å². The molecule has 0 bridgehead atoms. The Hall–Kier alpha value is -3.15. The van der Waals surface area contributed by atoms with Gasteiger partial charge in [0.1, 0.15) is 18.5 Å². The van der Waals surface area contributed by atoms with Gasteiger partial charge < -0.3 is 23.7 Å². The van der Waals surface area contributed by atoms with Crippen molar-refractivity contribution in [3.05, 3.63) is 12.1 Å². The summed E-state index contributed by atoms with van der Waals surface area (Å²) >= 11 is 0. The number of hydrogen-bond acceptors (Lipinski definition) is 8. The molecule has 8 heteroatoms. The van der Waals surface area contributed by atoms with Crippen LogP contribution in [0.5, 0.6) is 23.0 Å². The highest BCUT2D eigenvalue weighted by atomic mass is 16.6. The van der Waals surface area contributed by atoms with Crippen molar-refractivity contribution in [2.45, 2.75) is 6.10 Å². The van der Waals surface area contributed by atoms with Gasteiger partial charge in [0.2, 0.25) is 5.75 Å². The van der Waals surface area contributed by atoms with Crippen LogP contribution in [0.3, 0.4) is 0 Å². The molecular formula is C12H7N3O5. The predicted octanol–water partition coefficient (Wildman–Crippen LogP) is 1.04. The normalized spacial score (nSPS) is 15.2. The van der Waals surface area contributed by atoms with Gasteiger partial charge in [0.15, 0.2) is 11.5 Å². The zero-order valence-electron chi connectivity index (χ0n) is 10.0. The van der Waals surface area contributed by atoms with Crippen molar-refractivity contribution in [2.75, 3.05) is 13.2 Å². The molecule has 0 aromatic heterocycles.